The van der Waals surface area contributed by atoms with E-state index in [9.17, 15) is 4.79 Å². The number of nitrogens with two attached hydrogens (primary N) is 1. The van der Waals surface area contributed by atoms with Crippen molar-refractivity contribution >= 4 is 32.8 Å². The number of carboxylic acids is 1. The number of carbonyl (C=O) groups is 1. The molecule has 0 fully saturated rings. The van der Waals surface area contributed by atoms with Crippen molar-refractivity contribution in [3.63, 3.8) is 0 Å². The van der Waals surface area contributed by atoms with Gasteiger partial charge < -0.3 is 10.8 Å². The van der Waals surface area contributed by atoms with E-state index in [1.54, 1.807) is 6.07 Å². The molecule has 0 aliphatic rings. The van der Waals surface area contributed by atoms with E-state index >= 15 is 0 Å². The third kappa shape index (κ3) is 2.05. The highest BCUT2D eigenvalue weighted by Gasteiger charge is 2.15. The number of aliphatic carboxylic acids is 1. The van der Waals surface area contributed by atoms with Gasteiger partial charge in [-0.2, -0.15) is 0 Å². The predicted molar refractivity (Wildman–Crippen MR) is 64.0 cm³/mol. The smallest absolute Gasteiger partial charge is 0.326 e. The lowest BCUT2D eigenvalue weighted by atomic mass is 10.1. The number of hydrogen-bond acceptors (Lipinski definition) is 3. The monoisotopic (exact) mass is 280 g/mol. The molecular weight excluding hydrogens is 272 g/mol. The Hall–Kier alpha value is -1.46. The van der Waals surface area contributed by atoms with E-state index in [1.807, 2.05) is 24.3 Å². The Morgan fingerprint density at radius 3 is 2.75 bits per heavy atom. The van der Waals surface area contributed by atoms with Crippen LogP contribution < -0.4 is 5.73 Å². The SMILES string of the molecule is N[C@@H](C(=O)O)c1ccc2ccc(Br)cc2n1. The molecule has 0 unspecified atom stereocenters. The van der Waals surface area contributed by atoms with Gasteiger partial charge in [0, 0.05) is 9.86 Å². The largest absolute Gasteiger partial charge is 0.480 e. The first kappa shape index (κ1) is 11.0. The Morgan fingerprint density at radius 1 is 1.38 bits per heavy atom. The topological polar surface area (TPSA) is 76.2 Å². The van der Waals surface area contributed by atoms with Gasteiger partial charge in [-0.15, -0.1) is 0 Å². The first-order valence-electron chi connectivity index (χ1n) is 4.62. The van der Waals surface area contributed by atoms with Crippen molar-refractivity contribution in [3.8, 4) is 0 Å². The summed E-state index contributed by atoms with van der Waals surface area (Å²) in [7, 11) is 0. The number of pyridine rings is 1. The summed E-state index contributed by atoms with van der Waals surface area (Å²) in [5, 5.41) is 9.74. The number of hydrogen-bond donors (Lipinski definition) is 2. The van der Waals surface area contributed by atoms with Gasteiger partial charge in [0.05, 0.1) is 11.2 Å². The normalized spacial score (nSPS) is 12.6. The molecule has 2 rings (SSSR count). The van der Waals surface area contributed by atoms with Crippen molar-refractivity contribution in [2.45, 2.75) is 6.04 Å². The number of benzene rings is 1. The predicted octanol–water partition coefficient (Wildman–Crippen LogP) is 2.08. The van der Waals surface area contributed by atoms with Crippen LogP contribution in [0.2, 0.25) is 0 Å². The van der Waals surface area contributed by atoms with E-state index < -0.39 is 12.0 Å². The quantitative estimate of drug-likeness (QED) is 0.883. The highest BCUT2D eigenvalue weighted by Crippen LogP contribution is 2.20. The second kappa shape index (κ2) is 4.19. The lowest BCUT2D eigenvalue weighted by Gasteiger charge is -2.07. The Labute approximate surface area is 100 Å². The van der Waals surface area contributed by atoms with E-state index in [0.717, 1.165) is 15.4 Å². The molecule has 0 aliphatic carbocycles. The van der Waals surface area contributed by atoms with E-state index in [1.165, 1.54) is 0 Å². The molecule has 3 N–H and O–H groups in total. The molecule has 0 spiro atoms. The summed E-state index contributed by atoms with van der Waals surface area (Å²) in [6, 6.07) is 8.00. The number of halogens is 1. The minimum absolute atomic E-state index is 0.359. The Kier molecular flexibility index (Phi) is 2.89. The number of rotatable bonds is 2. The molecule has 0 saturated carbocycles. The van der Waals surface area contributed by atoms with Crippen LogP contribution in [0.3, 0.4) is 0 Å². The van der Waals surface area contributed by atoms with Crippen LogP contribution >= 0.6 is 15.9 Å². The van der Waals surface area contributed by atoms with Crippen molar-refractivity contribution in [1.82, 2.24) is 4.98 Å². The van der Waals surface area contributed by atoms with Crippen LogP contribution in [0.4, 0.5) is 0 Å². The molecular formula is C11H9BrN2O2. The van der Waals surface area contributed by atoms with Crippen molar-refractivity contribution in [1.29, 1.82) is 0 Å². The molecule has 0 aliphatic heterocycles. The van der Waals surface area contributed by atoms with Gasteiger partial charge in [-0.1, -0.05) is 28.1 Å². The van der Waals surface area contributed by atoms with Crippen molar-refractivity contribution < 1.29 is 9.90 Å². The van der Waals surface area contributed by atoms with Gasteiger partial charge >= 0.3 is 5.97 Å². The minimum Gasteiger partial charge on any atom is -0.480 e. The van der Waals surface area contributed by atoms with Crippen LogP contribution in [0.25, 0.3) is 10.9 Å². The lowest BCUT2D eigenvalue weighted by molar-refractivity contribution is -0.138. The lowest BCUT2D eigenvalue weighted by Crippen LogP contribution is -2.21. The van der Waals surface area contributed by atoms with Crippen LogP contribution in [-0.4, -0.2) is 16.1 Å². The minimum atomic E-state index is -1.08. The van der Waals surface area contributed by atoms with Crippen LogP contribution in [0.5, 0.6) is 0 Å². The zero-order chi connectivity index (χ0) is 11.7. The fraction of sp³-hybridized carbons (Fsp3) is 0.0909. The van der Waals surface area contributed by atoms with Crippen LogP contribution in [0.1, 0.15) is 11.7 Å². The molecule has 1 heterocycles. The maximum absolute atomic E-state index is 10.7. The maximum Gasteiger partial charge on any atom is 0.326 e. The molecule has 2 aromatic rings. The van der Waals surface area contributed by atoms with Crippen LogP contribution in [0, 0.1) is 0 Å². The summed E-state index contributed by atoms with van der Waals surface area (Å²) in [6.07, 6.45) is 0. The second-order valence-corrected chi connectivity index (χ2v) is 4.30. The van der Waals surface area contributed by atoms with E-state index in [0.29, 0.717) is 5.69 Å². The summed E-state index contributed by atoms with van der Waals surface area (Å²) >= 11 is 3.34. The number of carboxylic acid groups (broad SMARTS) is 1. The van der Waals surface area contributed by atoms with E-state index in [4.69, 9.17) is 10.8 Å². The maximum atomic E-state index is 10.7. The van der Waals surface area contributed by atoms with E-state index in [-0.39, 0.29) is 0 Å². The zero-order valence-corrected chi connectivity index (χ0v) is 9.81. The summed E-state index contributed by atoms with van der Waals surface area (Å²) < 4.78 is 0.897. The first-order valence-corrected chi connectivity index (χ1v) is 5.42. The van der Waals surface area contributed by atoms with Crippen molar-refractivity contribution in [2.24, 2.45) is 5.73 Å². The van der Waals surface area contributed by atoms with Gasteiger partial charge in [0.2, 0.25) is 0 Å². The number of aromatic nitrogens is 1. The Bertz CT molecular complexity index is 557. The molecule has 0 saturated heterocycles. The van der Waals surface area contributed by atoms with Gasteiger partial charge in [-0.25, -0.2) is 0 Å². The van der Waals surface area contributed by atoms with Gasteiger partial charge in [0.1, 0.15) is 6.04 Å². The molecule has 0 bridgehead atoms. The summed E-state index contributed by atoms with van der Waals surface area (Å²) in [4.78, 5) is 14.9. The fourth-order valence-electron chi connectivity index (χ4n) is 1.41. The fourth-order valence-corrected chi connectivity index (χ4v) is 1.75. The average molecular weight is 281 g/mol. The van der Waals surface area contributed by atoms with Gasteiger partial charge in [0.15, 0.2) is 0 Å². The van der Waals surface area contributed by atoms with Gasteiger partial charge in [0.25, 0.3) is 0 Å². The van der Waals surface area contributed by atoms with Crippen LogP contribution in [-0.2, 0) is 4.79 Å². The molecule has 4 nitrogen and oxygen atoms in total. The van der Waals surface area contributed by atoms with Crippen LogP contribution in [0.15, 0.2) is 34.8 Å². The Balaban J connectivity index is 2.54. The van der Waals surface area contributed by atoms with Crippen molar-refractivity contribution in [2.75, 3.05) is 0 Å². The summed E-state index contributed by atoms with van der Waals surface area (Å²) in [5.74, 6) is -1.08. The standard InChI is InChI=1S/C11H9BrN2O2/c12-7-3-1-6-2-4-8(10(13)11(15)16)14-9(6)5-7/h1-5,10H,13H2,(H,15,16)/t10-/m1/s1. The highest BCUT2D eigenvalue weighted by molar-refractivity contribution is 9.10. The molecule has 1 aromatic carbocycles. The average Bonchev–Trinajstić information content (AvgIpc) is 2.26. The summed E-state index contributed by atoms with van der Waals surface area (Å²) in [5.41, 5.74) is 6.58. The highest BCUT2D eigenvalue weighted by atomic mass is 79.9. The van der Waals surface area contributed by atoms with Crippen molar-refractivity contribution in [3.05, 3.63) is 40.5 Å². The molecule has 1 atom stereocenters. The first-order chi connectivity index (χ1) is 7.58. The molecule has 1 aromatic heterocycles. The van der Waals surface area contributed by atoms with E-state index in [2.05, 4.69) is 20.9 Å². The van der Waals surface area contributed by atoms with Gasteiger partial charge in [-0.3, -0.25) is 9.78 Å². The molecule has 0 amide bonds. The second-order valence-electron chi connectivity index (χ2n) is 3.39. The molecule has 16 heavy (non-hydrogen) atoms. The summed E-state index contributed by atoms with van der Waals surface area (Å²) in [6.45, 7) is 0. The number of fused-ring (bicyclic) bond motifs is 1. The molecule has 0 radical (unpaired) electrons. The molecule has 5 heteroatoms. The van der Waals surface area contributed by atoms with Gasteiger partial charge in [-0.05, 0) is 18.2 Å². The third-order valence-electron chi connectivity index (χ3n) is 2.26. The Morgan fingerprint density at radius 2 is 2.06 bits per heavy atom. The zero-order valence-electron chi connectivity index (χ0n) is 8.22. The number of nitrogens with zero attached hydrogens (tertiary/aromatic N) is 1. The molecule has 82 valence electrons. The third-order valence-corrected chi connectivity index (χ3v) is 2.75.